The van der Waals surface area contributed by atoms with E-state index in [-0.39, 0.29) is 18.3 Å². The summed E-state index contributed by atoms with van der Waals surface area (Å²) in [4.78, 5) is 23.7. The fourth-order valence-corrected chi connectivity index (χ4v) is 3.25. The number of hydrogen-bond donors (Lipinski definition) is 2. The van der Waals surface area contributed by atoms with E-state index >= 15 is 0 Å². The molecule has 2 aromatic rings. The van der Waals surface area contributed by atoms with Crippen molar-refractivity contribution in [3.05, 3.63) is 28.7 Å². The number of aryl methyl sites for hydroxylation is 1. The first-order chi connectivity index (χ1) is 11.0. The Morgan fingerprint density at radius 2 is 2.29 bits per heavy atom. The van der Waals surface area contributed by atoms with Gasteiger partial charge in [0.1, 0.15) is 0 Å². The van der Waals surface area contributed by atoms with Crippen molar-refractivity contribution in [2.45, 2.75) is 26.2 Å². The van der Waals surface area contributed by atoms with Gasteiger partial charge in [-0.2, -0.15) is 0 Å². The van der Waals surface area contributed by atoms with Gasteiger partial charge in [-0.25, -0.2) is 4.79 Å². The third-order valence-electron chi connectivity index (χ3n) is 4.72. The fourth-order valence-electron chi connectivity index (χ4n) is 3.25. The summed E-state index contributed by atoms with van der Waals surface area (Å²) in [6.45, 7) is 4.21. The first-order valence-corrected chi connectivity index (χ1v) is 8.15. The number of carbonyl (C=O) groups is 1. The molecular formula is C17H24ClN3O3. The first kappa shape index (κ1) is 18.5. The van der Waals surface area contributed by atoms with Gasteiger partial charge in [-0.3, -0.25) is 9.36 Å². The van der Waals surface area contributed by atoms with Crippen molar-refractivity contribution in [1.29, 1.82) is 0 Å². The highest BCUT2D eigenvalue weighted by Crippen LogP contribution is 2.23. The lowest BCUT2D eigenvalue weighted by atomic mass is 9.85. The number of amides is 1. The van der Waals surface area contributed by atoms with Gasteiger partial charge >= 0.3 is 5.76 Å². The molecule has 3 rings (SSSR count). The van der Waals surface area contributed by atoms with Crippen molar-refractivity contribution in [2.75, 3.05) is 18.4 Å². The van der Waals surface area contributed by atoms with Crippen molar-refractivity contribution < 1.29 is 9.21 Å². The molecule has 0 spiro atoms. The Morgan fingerprint density at radius 1 is 1.50 bits per heavy atom. The SMILES string of the molecule is CC(CC(=O)Nc1ccc2c(c1)oc(=O)n2C)C1CCCNC1.Cl. The number of aromatic nitrogens is 1. The lowest BCUT2D eigenvalue weighted by Gasteiger charge is -2.28. The molecule has 2 atom stereocenters. The summed E-state index contributed by atoms with van der Waals surface area (Å²) in [5.74, 6) is 0.507. The number of nitrogens with one attached hydrogen (secondary N) is 2. The highest BCUT2D eigenvalue weighted by atomic mass is 35.5. The van der Waals surface area contributed by atoms with Crippen LogP contribution in [-0.2, 0) is 11.8 Å². The predicted octanol–water partition coefficient (Wildman–Crippen LogP) is 2.52. The molecule has 7 heteroatoms. The van der Waals surface area contributed by atoms with E-state index in [0.717, 1.165) is 18.6 Å². The molecule has 1 amide bonds. The van der Waals surface area contributed by atoms with E-state index in [9.17, 15) is 9.59 Å². The maximum absolute atomic E-state index is 12.2. The molecule has 0 saturated carbocycles. The number of halogens is 1. The summed E-state index contributed by atoms with van der Waals surface area (Å²) in [5.41, 5.74) is 1.86. The van der Waals surface area contributed by atoms with Crippen LogP contribution in [0, 0.1) is 11.8 Å². The summed E-state index contributed by atoms with van der Waals surface area (Å²) in [5, 5.41) is 6.29. The van der Waals surface area contributed by atoms with Crippen LogP contribution in [0.15, 0.2) is 27.4 Å². The Labute approximate surface area is 147 Å². The fraction of sp³-hybridized carbons (Fsp3) is 0.529. The highest BCUT2D eigenvalue weighted by molar-refractivity contribution is 5.92. The molecule has 24 heavy (non-hydrogen) atoms. The van der Waals surface area contributed by atoms with Crippen LogP contribution in [0.2, 0.25) is 0 Å². The zero-order chi connectivity index (χ0) is 16.4. The average molecular weight is 354 g/mol. The topological polar surface area (TPSA) is 76.3 Å². The molecule has 2 unspecified atom stereocenters. The number of rotatable bonds is 4. The number of benzene rings is 1. The number of nitrogens with zero attached hydrogens (tertiary/aromatic N) is 1. The van der Waals surface area contributed by atoms with Crippen LogP contribution in [-0.4, -0.2) is 23.6 Å². The van der Waals surface area contributed by atoms with E-state index in [4.69, 9.17) is 4.42 Å². The van der Waals surface area contributed by atoms with Gasteiger partial charge in [0, 0.05) is 25.2 Å². The van der Waals surface area contributed by atoms with Crippen LogP contribution in [0.3, 0.4) is 0 Å². The molecule has 132 valence electrons. The van der Waals surface area contributed by atoms with Crippen LogP contribution in [0.4, 0.5) is 5.69 Å². The van der Waals surface area contributed by atoms with Gasteiger partial charge in [0.15, 0.2) is 5.58 Å². The third-order valence-corrected chi connectivity index (χ3v) is 4.72. The third kappa shape index (κ3) is 3.99. The quantitative estimate of drug-likeness (QED) is 0.885. The summed E-state index contributed by atoms with van der Waals surface area (Å²) in [7, 11) is 1.66. The van der Waals surface area contributed by atoms with Crippen molar-refractivity contribution >= 4 is 35.1 Å². The van der Waals surface area contributed by atoms with Crippen molar-refractivity contribution in [3.8, 4) is 0 Å². The molecule has 2 N–H and O–H groups in total. The number of piperidine rings is 1. The van der Waals surface area contributed by atoms with Crippen LogP contribution >= 0.6 is 12.4 Å². The number of oxazole rings is 1. The Balaban J connectivity index is 0.00000208. The van der Waals surface area contributed by atoms with E-state index < -0.39 is 5.76 Å². The zero-order valence-electron chi connectivity index (χ0n) is 14.0. The smallest absolute Gasteiger partial charge is 0.408 e. The normalized spacial score (nSPS) is 18.8. The van der Waals surface area contributed by atoms with Gasteiger partial charge < -0.3 is 15.1 Å². The molecule has 0 bridgehead atoms. The van der Waals surface area contributed by atoms with Crippen LogP contribution < -0.4 is 16.4 Å². The van der Waals surface area contributed by atoms with E-state index in [1.165, 1.54) is 17.4 Å². The van der Waals surface area contributed by atoms with Crippen molar-refractivity contribution in [2.24, 2.45) is 18.9 Å². The summed E-state index contributed by atoms with van der Waals surface area (Å²) >= 11 is 0. The van der Waals surface area contributed by atoms with E-state index in [1.807, 2.05) is 0 Å². The van der Waals surface area contributed by atoms with Crippen LogP contribution in [0.1, 0.15) is 26.2 Å². The molecule has 6 nitrogen and oxygen atoms in total. The predicted molar refractivity (Wildman–Crippen MR) is 96.7 cm³/mol. The number of fused-ring (bicyclic) bond motifs is 1. The maximum atomic E-state index is 12.2. The van der Waals surface area contributed by atoms with Crippen molar-refractivity contribution in [1.82, 2.24) is 9.88 Å². The summed E-state index contributed by atoms with van der Waals surface area (Å²) in [6, 6.07) is 5.27. The molecule has 1 saturated heterocycles. The highest BCUT2D eigenvalue weighted by Gasteiger charge is 2.22. The lowest BCUT2D eigenvalue weighted by molar-refractivity contribution is -0.117. The van der Waals surface area contributed by atoms with E-state index in [2.05, 4.69) is 17.6 Å². The van der Waals surface area contributed by atoms with Gasteiger partial charge in [-0.05, 0) is 49.9 Å². The second-order valence-corrected chi connectivity index (χ2v) is 6.45. The standard InChI is InChI=1S/C17H23N3O3.ClH/c1-11(12-4-3-7-18-10-12)8-16(21)19-13-5-6-14-15(9-13)23-17(22)20(14)2;/h5-6,9,11-12,18H,3-4,7-8,10H2,1-2H3,(H,19,21);1H. The molecule has 1 aliphatic rings. The van der Waals surface area contributed by atoms with E-state index in [1.54, 1.807) is 25.2 Å². The average Bonchev–Trinajstić information content (AvgIpc) is 2.82. The van der Waals surface area contributed by atoms with Crippen molar-refractivity contribution in [3.63, 3.8) is 0 Å². The molecule has 1 aromatic carbocycles. The van der Waals surface area contributed by atoms with Gasteiger partial charge in [0.25, 0.3) is 0 Å². The zero-order valence-corrected chi connectivity index (χ0v) is 14.8. The lowest BCUT2D eigenvalue weighted by Crippen LogP contribution is -2.34. The Kier molecular flexibility index (Phi) is 6.07. The molecule has 1 aliphatic heterocycles. The summed E-state index contributed by atoms with van der Waals surface area (Å²) in [6.07, 6.45) is 2.87. The largest absolute Gasteiger partial charge is 0.419 e. The second-order valence-electron chi connectivity index (χ2n) is 6.45. The molecular weight excluding hydrogens is 330 g/mol. The number of hydrogen-bond acceptors (Lipinski definition) is 4. The minimum absolute atomic E-state index is 0. The minimum Gasteiger partial charge on any atom is -0.408 e. The number of carbonyl (C=O) groups excluding carboxylic acids is 1. The molecule has 1 fully saturated rings. The Bertz CT molecular complexity index is 762. The molecule has 0 aliphatic carbocycles. The maximum Gasteiger partial charge on any atom is 0.419 e. The van der Waals surface area contributed by atoms with Gasteiger partial charge in [0.2, 0.25) is 5.91 Å². The number of anilines is 1. The second kappa shape index (κ2) is 7.85. The van der Waals surface area contributed by atoms with Gasteiger partial charge in [-0.1, -0.05) is 6.92 Å². The molecule has 1 aromatic heterocycles. The summed E-state index contributed by atoms with van der Waals surface area (Å²) < 4.78 is 6.59. The van der Waals surface area contributed by atoms with Gasteiger partial charge in [-0.15, -0.1) is 12.4 Å². The molecule has 0 radical (unpaired) electrons. The monoisotopic (exact) mass is 353 g/mol. The Morgan fingerprint density at radius 3 is 3.00 bits per heavy atom. The Hall–Kier alpha value is -1.79. The van der Waals surface area contributed by atoms with Crippen LogP contribution in [0.25, 0.3) is 11.1 Å². The van der Waals surface area contributed by atoms with Gasteiger partial charge in [0.05, 0.1) is 5.52 Å². The molecule has 2 heterocycles. The van der Waals surface area contributed by atoms with E-state index in [0.29, 0.717) is 29.5 Å². The first-order valence-electron chi connectivity index (χ1n) is 8.15. The minimum atomic E-state index is -0.401. The van der Waals surface area contributed by atoms with Crippen LogP contribution in [0.5, 0.6) is 0 Å².